The highest BCUT2D eigenvalue weighted by Crippen LogP contribution is 2.22. The molecule has 0 saturated carbocycles. The Morgan fingerprint density at radius 2 is 1.59 bits per heavy atom. The molecular weight excluding hydrogens is 364 g/mol. The fourth-order valence-corrected chi connectivity index (χ4v) is 3.73. The molecule has 0 N–H and O–H groups in total. The Kier molecular flexibility index (Phi) is 7.24. The zero-order valence-electron chi connectivity index (χ0n) is 16.0. The molecule has 0 saturated heterocycles. The summed E-state index contributed by atoms with van der Waals surface area (Å²) in [6.07, 6.45) is 1.23. The van der Waals surface area contributed by atoms with E-state index in [1.54, 1.807) is 29.2 Å². The van der Waals surface area contributed by atoms with Gasteiger partial charge in [-0.2, -0.15) is 0 Å². The molecule has 0 radical (unpaired) electrons. The first-order valence-electron chi connectivity index (χ1n) is 8.92. The van der Waals surface area contributed by atoms with E-state index < -0.39 is 10.0 Å². The van der Waals surface area contributed by atoms with Crippen LogP contribution in [0.5, 0.6) is 5.75 Å². The number of hydrogen-bond donors (Lipinski definition) is 0. The van der Waals surface area contributed by atoms with Gasteiger partial charge in [-0.3, -0.25) is 9.10 Å². The maximum absolute atomic E-state index is 12.7. The molecule has 0 atom stereocenters. The van der Waals surface area contributed by atoms with Crippen molar-refractivity contribution in [2.45, 2.75) is 20.3 Å². The molecule has 0 spiro atoms. The van der Waals surface area contributed by atoms with Crippen LogP contribution in [0.15, 0.2) is 54.6 Å². The standard InChI is InChI=1S/C20H26N2O4S/c1-4-21(17-9-7-6-8-10-17)20(23)15-16-22(27(3,24)25)18-11-13-19(14-12-18)26-5-2/h6-14H,4-5,15-16H2,1-3H3. The van der Waals surface area contributed by atoms with Gasteiger partial charge in [-0.05, 0) is 50.2 Å². The summed E-state index contributed by atoms with van der Waals surface area (Å²) in [5, 5.41) is 0. The van der Waals surface area contributed by atoms with E-state index in [4.69, 9.17) is 4.74 Å². The van der Waals surface area contributed by atoms with Crippen LogP contribution >= 0.6 is 0 Å². The number of ether oxygens (including phenoxy) is 1. The summed E-state index contributed by atoms with van der Waals surface area (Å²) in [5.74, 6) is 0.551. The lowest BCUT2D eigenvalue weighted by Crippen LogP contribution is -2.36. The van der Waals surface area contributed by atoms with Gasteiger partial charge in [0.05, 0.1) is 18.6 Å². The topological polar surface area (TPSA) is 66.9 Å². The number of carbonyl (C=O) groups excluding carboxylic acids is 1. The zero-order valence-corrected chi connectivity index (χ0v) is 16.8. The minimum atomic E-state index is -3.51. The van der Waals surface area contributed by atoms with Gasteiger partial charge in [0.15, 0.2) is 0 Å². The molecule has 0 unspecified atom stereocenters. The predicted octanol–water partition coefficient (Wildman–Crippen LogP) is 3.29. The molecule has 0 aromatic heterocycles. The maximum Gasteiger partial charge on any atom is 0.232 e. The van der Waals surface area contributed by atoms with Crippen molar-refractivity contribution in [3.8, 4) is 5.75 Å². The molecule has 0 bridgehead atoms. The normalized spacial score (nSPS) is 11.1. The lowest BCUT2D eigenvalue weighted by Gasteiger charge is -2.25. The number of carbonyl (C=O) groups is 1. The van der Waals surface area contributed by atoms with Gasteiger partial charge in [-0.15, -0.1) is 0 Å². The lowest BCUT2D eigenvalue weighted by molar-refractivity contribution is -0.118. The van der Waals surface area contributed by atoms with Crippen LogP contribution in [-0.2, 0) is 14.8 Å². The van der Waals surface area contributed by atoms with Crippen molar-refractivity contribution in [3.05, 3.63) is 54.6 Å². The van der Waals surface area contributed by atoms with Crippen LogP contribution in [0.3, 0.4) is 0 Å². The predicted molar refractivity (Wildman–Crippen MR) is 109 cm³/mol. The molecule has 2 rings (SSSR count). The second kappa shape index (κ2) is 9.41. The second-order valence-corrected chi connectivity index (χ2v) is 7.89. The van der Waals surface area contributed by atoms with Crippen molar-refractivity contribution < 1.29 is 17.9 Å². The van der Waals surface area contributed by atoms with Crippen molar-refractivity contribution in [1.82, 2.24) is 0 Å². The average Bonchev–Trinajstić information content (AvgIpc) is 2.64. The van der Waals surface area contributed by atoms with Crippen molar-refractivity contribution in [3.63, 3.8) is 0 Å². The average molecular weight is 391 g/mol. The number of benzene rings is 2. The summed E-state index contributed by atoms with van der Waals surface area (Å²) >= 11 is 0. The number of anilines is 2. The molecule has 0 aliphatic rings. The molecule has 1 amide bonds. The largest absolute Gasteiger partial charge is 0.494 e. The van der Waals surface area contributed by atoms with E-state index in [9.17, 15) is 13.2 Å². The highest BCUT2D eigenvalue weighted by Gasteiger charge is 2.21. The van der Waals surface area contributed by atoms with Crippen LogP contribution in [0, 0.1) is 0 Å². The number of amides is 1. The molecule has 6 nitrogen and oxygen atoms in total. The van der Waals surface area contributed by atoms with E-state index in [2.05, 4.69) is 0 Å². The Balaban J connectivity index is 2.13. The summed E-state index contributed by atoms with van der Waals surface area (Å²) in [5.41, 5.74) is 1.31. The van der Waals surface area contributed by atoms with Crippen LogP contribution in [-0.4, -0.2) is 40.3 Å². The van der Waals surface area contributed by atoms with Gasteiger partial charge in [0.1, 0.15) is 5.75 Å². The lowest BCUT2D eigenvalue weighted by atomic mass is 10.2. The minimum Gasteiger partial charge on any atom is -0.494 e. The summed E-state index contributed by atoms with van der Waals surface area (Å²) in [6.45, 7) is 4.91. The second-order valence-electron chi connectivity index (χ2n) is 5.99. The number of para-hydroxylation sites is 1. The zero-order chi connectivity index (χ0) is 19.9. The molecule has 27 heavy (non-hydrogen) atoms. The SMILES string of the molecule is CCOc1ccc(N(CCC(=O)N(CC)c2ccccc2)S(C)(=O)=O)cc1. The van der Waals surface area contributed by atoms with Crippen LogP contribution in [0.25, 0.3) is 0 Å². The van der Waals surface area contributed by atoms with E-state index in [1.165, 1.54) is 4.31 Å². The number of sulfonamides is 1. The third kappa shape index (κ3) is 5.72. The molecule has 0 heterocycles. The van der Waals surface area contributed by atoms with E-state index in [0.717, 1.165) is 11.9 Å². The molecule has 7 heteroatoms. The monoisotopic (exact) mass is 390 g/mol. The first kappa shape index (κ1) is 20.8. The van der Waals surface area contributed by atoms with Crippen LogP contribution < -0.4 is 13.9 Å². The van der Waals surface area contributed by atoms with Crippen LogP contribution in [0.1, 0.15) is 20.3 Å². The number of hydrogen-bond acceptors (Lipinski definition) is 4. The Bertz CT molecular complexity index is 836. The van der Waals surface area contributed by atoms with Crippen molar-refractivity contribution >= 4 is 27.3 Å². The Morgan fingerprint density at radius 1 is 0.963 bits per heavy atom. The molecule has 146 valence electrons. The van der Waals surface area contributed by atoms with Gasteiger partial charge >= 0.3 is 0 Å². The third-order valence-electron chi connectivity index (χ3n) is 4.05. The van der Waals surface area contributed by atoms with Gasteiger partial charge in [-0.25, -0.2) is 8.42 Å². The van der Waals surface area contributed by atoms with E-state index in [0.29, 0.717) is 24.6 Å². The fraction of sp³-hybridized carbons (Fsp3) is 0.350. The Hall–Kier alpha value is -2.54. The van der Waals surface area contributed by atoms with E-state index in [1.807, 2.05) is 44.2 Å². The summed E-state index contributed by atoms with van der Waals surface area (Å²) < 4.78 is 31.1. The van der Waals surface area contributed by atoms with Gasteiger partial charge in [0, 0.05) is 25.2 Å². The van der Waals surface area contributed by atoms with Gasteiger partial charge in [0.25, 0.3) is 0 Å². The van der Waals surface area contributed by atoms with Crippen LogP contribution in [0.4, 0.5) is 11.4 Å². The molecule has 0 aliphatic carbocycles. The molecule has 2 aromatic carbocycles. The third-order valence-corrected chi connectivity index (χ3v) is 5.24. The van der Waals surface area contributed by atoms with Gasteiger partial charge in [0.2, 0.25) is 15.9 Å². The molecular formula is C20H26N2O4S. The maximum atomic E-state index is 12.7. The molecule has 2 aromatic rings. The minimum absolute atomic E-state index is 0.0784. The van der Waals surface area contributed by atoms with Crippen molar-refractivity contribution in [2.75, 3.05) is 35.2 Å². The van der Waals surface area contributed by atoms with Gasteiger partial charge in [-0.1, -0.05) is 18.2 Å². The summed E-state index contributed by atoms with van der Waals surface area (Å²) in [6, 6.07) is 16.2. The first-order valence-corrected chi connectivity index (χ1v) is 10.8. The van der Waals surface area contributed by atoms with E-state index in [-0.39, 0.29) is 18.9 Å². The quantitative estimate of drug-likeness (QED) is 0.659. The van der Waals surface area contributed by atoms with Gasteiger partial charge < -0.3 is 9.64 Å². The van der Waals surface area contributed by atoms with Crippen LogP contribution in [0.2, 0.25) is 0 Å². The molecule has 0 aliphatic heterocycles. The fourth-order valence-electron chi connectivity index (χ4n) is 2.80. The Labute approximate surface area is 161 Å². The summed E-state index contributed by atoms with van der Waals surface area (Å²) in [7, 11) is -3.51. The van der Waals surface area contributed by atoms with Crippen molar-refractivity contribution in [1.29, 1.82) is 0 Å². The smallest absolute Gasteiger partial charge is 0.232 e. The highest BCUT2D eigenvalue weighted by molar-refractivity contribution is 7.92. The van der Waals surface area contributed by atoms with E-state index >= 15 is 0 Å². The summed E-state index contributed by atoms with van der Waals surface area (Å²) in [4.78, 5) is 14.3. The highest BCUT2D eigenvalue weighted by atomic mass is 32.2. The number of nitrogens with zero attached hydrogens (tertiary/aromatic N) is 2. The number of rotatable bonds is 9. The Morgan fingerprint density at radius 3 is 2.11 bits per heavy atom. The first-order chi connectivity index (χ1) is 12.9. The van der Waals surface area contributed by atoms with Crippen molar-refractivity contribution in [2.24, 2.45) is 0 Å². The molecule has 0 fully saturated rings.